The molecule has 0 saturated carbocycles. The van der Waals surface area contributed by atoms with Crippen LogP contribution in [0.25, 0.3) is 5.69 Å². The lowest BCUT2D eigenvalue weighted by molar-refractivity contribution is 0.0525. The van der Waals surface area contributed by atoms with E-state index < -0.39 is 11.2 Å². The molecule has 1 N–H and O–H groups in total. The van der Waals surface area contributed by atoms with Gasteiger partial charge in [-0.25, -0.2) is 9.18 Å². The number of Topliss-reactive ketones (excluding diaryl/α,β-unsaturated/α-hetero) is 1. The van der Waals surface area contributed by atoms with E-state index in [1.54, 1.807) is 39.8 Å². The molecule has 2 heterocycles. The molecule has 0 spiro atoms. The van der Waals surface area contributed by atoms with Crippen molar-refractivity contribution in [3.05, 3.63) is 58.4 Å². The van der Waals surface area contributed by atoms with Gasteiger partial charge in [0.1, 0.15) is 5.82 Å². The first-order valence-electron chi connectivity index (χ1n) is 11.0. The number of ketones is 1. The number of aromatic nitrogens is 4. The molecule has 0 bridgehead atoms. The second kappa shape index (κ2) is 10.5. The largest absolute Gasteiger partial charge is 0.462 e. The van der Waals surface area contributed by atoms with Crippen molar-refractivity contribution in [3.8, 4) is 5.69 Å². The van der Waals surface area contributed by atoms with Gasteiger partial charge >= 0.3 is 5.97 Å². The van der Waals surface area contributed by atoms with Crippen LogP contribution in [0.2, 0.25) is 0 Å². The first-order valence-corrected chi connectivity index (χ1v) is 11.9. The summed E-state index contributed by atoms with van der Waals surface area (Å²) in [6.07, 6.45) is 0. The minimum atomic E-state index is -0.530. The molecule has 1 aromatic carbocycles. The summed E-state index contributed by atoms with van der Waals surface area (Å²) in [5.74, 6) is -0.287. The molecule has 0 saturated heterocycles. The fourth-order valence-electron chi connectivity index (χ4n) is 3.61. The minimum absolute atomic E-state index is 0.0710. The van der Waals surface area contributed by atoms with E-state index in [1.807, 2.05) is 30.5 Å². The summed E-state index contributed by atoms with van der Waals surface area (Å²) in [6, 6.07) is 6.00. The van der Waals surface area contributed by atoms with Crippen molar-refractivity contribution in [2.75, 3.05) is 20.7 Å². The van der Waals surface area contributed by atoms with Crippen LogP contribution in [0.1, 0.15) is 64.7 Å². The quantitative estimate of drug-likeness (QED) is 0.270. The lowest BCUT2D eigenvalue weighted by atomic mass is 10.1. The smallest absolute Gasteiger partial charge is 0.340 e. The van der Waals surface area contributed by atoms with Crippen molar-refractivity contribution in [2.45, 2.75) is 51.1 Å². The van der Waals surface area contributed by atoms with Gasteiger partial charge in [-0.2, -0.15) is 0 Å². The van der Waals surface area contributed by atoms with Crippen LogP contribution >= 0.6 is 11.8 Å². The van der Waals surface area contributed by atoms with Gasteiger partial charge in [-0.3, -0.25) is 14.3 Å². The van der Waals surface area contributed by atoms with Crippen molar-refractivity contribution >= 4 is 23.5 Å². The molecule has 0 radical (unpaired) electrons. The van der Waals surface area contributed by atoms with Gasteiger partial charge in [0.25, 0.3) is 0 Å². The highest BCUT2D eigenvalue weighted by molar-refractivity contribution is 8.00. The maximum absolute atomic E-state index is 13.6. The summed E-state index contributed by atoms with van der Waals surface area (Å²) in [5.41, 5.74) is 2.62. The number of hydrogen-bond donors (Lipinski definition) is 1. The summed E-state index contributed by atoms with van der Waals surface area (Å²) in [4.78, 5) is 30.7. The number of carbonyl (C=O) groups is 2. The Kier molecular flexibility index (Phi) is 7.93. The molecule has 0 amide bonds. The van der Waals surface area contributed by atoms with Gasteiger partial charge < -0.3 is 9.72 Å². The van der Waals surface area contributed by atoms with Crippen LogP contribution in [0.3, 0.4) is 0 Å². The predicted octanol–water partition coefficient (Wildman–Crippen LogP) is 4.51. The van der Waals surface area contributed by atoms with Gasteiger partial charge in [-0.1, -0.05) is 11.8 Å². The zero-order valence-electron chi connectivity index (χ0n) is 20.5. The van der Waals surface area contributed by atoms with E-state index in [9.17, 15) is 14.0 Å². The van der Waals surface area contributed by atoms with Crippen molar-refractivity contribution in [1.82, 2.24) is 24.6 Å². The molecule has 0 aliphatic carbocycles. The lowest BCUT2D eigenvalue weighted by Crippen LogP contribution is -2.21. The molecule has 182 valence electrons. The average Bonchev–Trinajstić information content (AvgIpc) is 3.33. The van der Waals surface area contributed by atoms with E-state index >= 15 is 0 Å². The third-order valence-corrected chi connectivity index (χ3v) is 6.75. The number of esters is 1. The van der Waals surface area contributed by atoms with E-state index in [1.165, 1.54) is 23.9 Å². The molecule has 2 aromatic heterocycles. The maximum Gasteiger partial charge on any atom is 0.340 e. The highest BCUT2D eigenvalue weighted by atomic mass is 32.2. The molecule has 8 nitrogen and oxygen atoms in total. The number of rotatable bonds is 9. The van der Waals surface area contributed by atoms with Crippen LogP contribution < -0.4 is 0 Å². The summed E-state index contributed by atoms with van der Waals surface area (Å²) < 4.78 is 20.5. The average molecular weight is 488 g/mol. The zero-order valence-corrected chi connectivity index (χ0v) is 21.3. The number of hydrogen-bond acceptors (Lipinski definition) is 7. The Morgan fingerprint density at radius 1 is 1.18 bits per heavy atom. The molecular formula is C24H30FN5O3S. The van der Waals surface area contributed by atoms with Gasteiger partial charge in [0, 0.05) is 11.4 Å². The summed E-state index contributed by atoms with van der Waals surface area (Å²) in [6.45, 7) is 9.25. The standard InChI is InChI=1S/C24H30FN5O3S/c1-8-33-23(32)19-13(2)20(26-14(19)3)21(31)16(5)34-24-28-27-22(15(4)29(6)7)30(24)18-11-9-17(25)10-12-18/h9-12,15-16,26H,8H2,1-7H3. The van der Waals surface area contributed by atoms with Gasteiger partial charge in [0.05, 0.1) is 29.2 Å². The fraction of sp³-hybridized carbons (Fsp3) is 0.417. The van der Waals surface area contributed by atoms with Crippen LogP contribution in [0, 0.1) is 19.7 Å². The highest BCUT2D eigenvalue weighted by Gasteiger charge is 2.29. The second-order valence-corrected chi connectivity index (χ2v) is 9.57. The molecule has 10 heteroatoms. The maximum atomic E-state index is 13.6. The summed E-state index contributed by atoms with van der Waals surface area (Å²) in [5, 5.41) is 8.71. The van der Waals surface area contributed by atoms with Crippen molar-refractivity contribution in [2.24, 2.45) is 0 Å². The van der Waals surface area contributed by atoms with E-state index in [0.717, 1.165) is 0 Å². The fourth-order valence-corrected chi connectivity index (χ4v) is 4.55. The van der Waals surface area contributed by atoms with E-state index in [0.29, 0.717) is 39.2 Å². The number of thioether (sulfide) groups is 1. The molecule has 0 aliphatic rings. The topological polar surface area (TPSA) is 93.1 Å². The predicted molar refractivity (Wildman–Crippen MR) is 129 cm³/mol. The minimum Gasteiger partial charge on any atom is -0.462 e. The molecule has 34 heavy (non-hydrogen) atoms. The number of H-pyrrole nitrogens is 1. The first-order chi connectivity index (χ1) is 16.1. The van der Waals surface area contributed by atoms with Crippen LogP contribution in [-0.4, -0.2) is 62.4 Å². The van der Waals surface area contributed by atoms with Gasteiger partial charge in [-0.05, 0) is 78.5 Å². The van der Waals surface area contributed by atoms with Gasteiger partial charge in [0.15, 0.2) is 16.8 Å². The Balaban J connectivity index is 1.95. The molecule has 2 unspecified atom stereocenters. The van der Waals surface area contributed by atoms with Crippen LogP contribution in [0.4, 0.5) is 4.39 Å². The number of nitrogens with one attached hydrogen (secondary N) is 1. The number of halogens is 1. The third kappa shape index (κ3) is 5.07. The number of aromatic amines is 1. The molecule has 0 aliphatic heterocycles. The Morgan fingerprint density at radius 3 is 2.41 bits per heavy atom. The zero-order chi connectivity index (χ0) is 25.2. The van der Waals surface area contributed by atoms with E-state index in [-0.39, 0.29) is 24.2 Å². The van der Waals surface area contributed by atoms with Crippen LogP contribution in [-0.2, 0) is 4.74 Å². The SMILES string of the molecule is CCOC(=O)c1c(C)[nH]c(C(=O)C(C)Sc2nnc(C(C)N(C)C)n2-c2ccc(F)cc2)c1C. The van der Waals surface area contributed by atoms with Crippen molar-refractivity contribution in [3.63, 3.8) is 0 Å². The molecule has 3 aromatic rings. The van der Waals surface area contributed by atoms with Crippen LogP contribution in [0.15, 0.2) is 29.4 Å². The normalized spacial score (nSPS) is 13.2. The summed E-state index contributed by atoms with van der Waals surface area (Å²) in [7, 11) is 3.87. The Bertz CT molecular complexity index is 1190. The number of nitrogens with zero attached hydrogens (tertiary/aromatic N) is 4. The number of carbonyl (C=O) groups excluding carboxylic acids is 2. The number of aryl methyl sites for hydroxylation is 1. The Morgan fingerprint density at radius 2 is 1.82 bits per heavy atom. The number of benzene rings is 1. The lowest BCUT2D eigenvalue weighted by Gasteiger charge is -2.21. The Labute approximate surface area is 202 Å². The highest BCUT2D eigenvalue weighted by Crippen LogP contribution is 2.31. The first kappa shape index (κ1) is 25.6. The van der Waals surface area contributed by atoms with Gasteiger partial charge in [-0.15, -0.1) is 10.2 Å². The molecule has 0 fully saturated rings. The molecule has 2 atom stereocenters. The third-order valence-electron chi connectivity index (χ3n) is 5.71. The number of ether oxygens (including phenoxy) is 1. The van der Waals surface area contributed by atoms with E-state index in [2.05, 4.69) is 15.2 Å². The van der Waals surface area contributed by atoms with Crippen molar-refractivity contribution < 1.29 is 18.7 Å². The van der Waals surface area contributed by atoms with E-state index in [4.69, 9.17) is 4.74 Å². The van der Waals surface area contributed by atoms with Gasteiger partial charge in [0.2, 0.25) is 0 Å². The van der Waals surface area contributed by atoms with Crippen LogP contribution in [0.5, 0.6) is 0 Å². The molecular weight excluding hydrogens is 457 g/mol. The van der Waals surface area contributed by atoms with Crippen molar-refractivity contribution in [1.29, 1.82) is 0 Å². The second-order valence-electron chi connectivity index (χ2n) is 8.26. The Hall–Kier alpha value is -2.98. The summed E-state index contributed by atoms with van der Waals surface area (Å²) >= 11 is 1.26. The molecule has 3 rings (SSSR count). The monoisotopic (exact) mass is 487 g/mol.